The number of hydrogen-bond acceptors (Lipinski definition) is 3. The second kappa shape index (κ2) is 6.54. The van der Waals surface area contributed by atoms with Crippen molar-refractivity contribution in [1.29, 1.82) is 0 Å². The highest BCUT2D eigenvalue weighted by atomic mass is 16.1. The van der Waals surface area contributed by atoms with Gasteiger partial charge in [0.15, 0.2) is 0 Å². The maximum atomic E-state index is 12.2. The zero-order valence-electron chi connectivity index (χ0n) is 12.7. The Bertz CT molecular complexity index is 604. The molecule has 0 spiro atoms. The summed E-state index contributed by atoms with van der Waals surface area (Å²) in [6.07, 6.45) is 2.07. The van der Waals surface area contributed by atoms with Crippen LogP contribution in [0.4, 0.5) is 5.69 Å². The third-order valence-electron chi connectivity index (χ3n) is 3.31. The van der Waals surface area contributed by atoms with Crippen LogP contribution in [0.25, 0.3) is 0 Å². The predicted molar refractivity (Wildman–Crippen MR) is 83.9 cm³/mol. The molecule has 1 aromatic carbocycles. The lowest BCUT2D eigenvalue weighted by atomic mass is 10.0. The Morgan fingerprint density at radius 1 is 1.33 bits per heavy atom. The van der Waals surface area contributed by atoms with E-state index in [0.29, 0.717) is 0 Å². The predicted octanol–water partition coefficient (Wildman–Crippen LogP) is 2.57. The fraction of sp³-hybridized carbons (Fsp3) is 0.375. The highest BCUT2D eigenvalue weighted by molar-refractivity contribution is 5.91. The Balaban J connectivity index is 2.02. The number of nitrogens with one attached hydrogen (secondary N) is 1. The standard InChI is InChI=1S/C16H22N4O/c1-11(2)16-14(10-20(3)19-16)18-15(21)9-13(17)12-7-5-4-6-8-12/h4-8,10-11,13H,9,17H2,1-3H3,(H,18,21). The normalized spacial score (nSPS) is 12.4. The third-order valence-corrected chi connectivity index (χ3v) is 3.31. The van der Waals surface area contributed by atoms with E-state index in [9.17, 15) is 4.79 Å². The first-order valence-corrected chi connectivity index (χ1v) is 7.11. The number of hydrogen-bond donors (Lipinski definition) is 2. The van der Waals surface area contributed by atoms with Crippen LogP contribution in [0, 0.1) is 0 Å². The van der Waals surface area contributed by atoms with Crippen molar-refractivity contribution >= 4 is 11.6 Å². The molecule has 1 unspecified atom stereocenters. The van der Waals surface area contributed by atoms with Gasteiger partial charge in [0.1, 0.15) is 0 Å². The molecular weight excluding hydrogens is 264 g/mol. The van der Waals surface area contributed by atoms with Crippen LogP contribution in [0.5, 0.6) is 0 Å². The maximum Gasteiger partial charge on any atom is 0.226 e. The number of nitrogens with two attached hydrogens (primary N) is 1. The van der Waals surface area contributed by atoms with Gasteiger partial charge in [-0.1, -0.05) is 44.2 Å². The number of aryl methyl sites for hydroxylation is 1. The molecule has 0 bridgehead atoms. The van der Waals surface area contributed by atoms with Crippen LogP contribution >= 0.6 is 0 Å². The number of aromatic nitrogens is 2. The lowest BCUT2D eigenvalue weighted by Crippen LogP contribution is -2.21. The molecule has 2 rings (SSSR count). The second-order valence-electron chi connectivity index (χ2n) is 5.53. The first-order valence-electron chi connectivity index (χ1n) is 7.11. The van der Waals surface area contributed by atoms with Gasteiger partial charge in [-0.3, -0.25) is 9.48 Å². The molecule has 5 nitrogen and oxygen atoms in total. The largest absolute Gasteiger partial charge is 0.324 e. The van der Waals surface area contributed by atoms with Gasteiger partial charge in [-0.05, 0) is 11.5 Å². The summed E-state index contributed by atoms with van der Waals surface area (Å²) in [6.45, 7) is 4.10. The second-order valence-corrected chi connectivity index (χ2v) is 5.53. The van der Waals surface area contributed by atoms with Gasteiger partial charge < -0.3 is 11.1 Å². The topological polar surface area (TPSA) is 72.9 Å². The van der Waals surface area contributed by atoms with Gasteiger partial charge in [0.2, 0.25) is 5.91 Å². The van der Waals surface area contributed by atoms with E-state index in [2.05, 4.69) is 10.4 Å². The fourth-order valence-electron chi connectivity index (χ4n) is 2.25. The van der Waals surface area contributed by atoms with E-state index < -0.39 is 0 Å². The number of benzene rings is 1. The van der Waals surface area contributed by atoms with Crippen LogP contribution in [0.15, 0.2) is 36.5 Å². The van der Waals surface area contributed by atoms with Gasteiger partial charge in [-0.25, -0.2) is 0 Å². The molecule has 3 N–H and O–H groups in total. The highest BCUT2D eigenvalue weighted by Crippen LogP contribution is 2.23. The number of amides is 1. The van der Waals surface area contributed by atoms with Gasteiger partial charge in [0, 0.05) is 25.7 Å². The monoisotopic (exact) mass is 286 g/mol. The molecule has 1 amide bonds. The minimum absolute atomic E-state index is 0.0961. The maximum absolute atomic E-state index is 12.2. The zero-order chi connectivity index (χ0) is 15.4. The number of anilines is 1. The first kappa shape index (κ1) is 15.3. The lowest BCUT2D eigenvalue weighted by molar-refractivity contribution is -0.116. The first-order chi connectivity index (χ1) is 9.97. The third kappa shape index (κ3) is 3.92. The summed E-state index contributed by atoms with van der Waals surface area (Å²) >= 11 is 0. The van der Waals surface area contributed by atoms with E-state index in [1.165, 1.54) is 0 Å². The molecule has 0 aliphatic heterocycles. The summed E-state index contributed by atoms with van der Waals surface area (Å²) in [4.78, 5) is 12.2. The minimum atomic E-state index is -0.301. The molecule has 2 aromatic rings. The van der Waals surface area contributed by atoms with Crippen LogP contribution < -0.4 is 11.1 Å². The van der Waals surface area contributed by atoms with Crippen molar-refractivity contribution in [3.05, 3.63) is 47.8 Å². The smallest absolute Gasteiger partial charge is 0.226 e. The molecule has 0 saturated carbocycles. The minimum Gasteiger partial charge on any atom is -0.324 e. The zero-order valence-corrected chi connectivity index (χ0v) is 12.7. The molecule has 5 heteroatoms. The van der Waals surface area contributed by atoms with E-state index in [1.54, 1.807) is 4.68 Å². The van der Waals surface area contributed by atoms with E-state index in [1.807, 2.05) is 57.4 Å². The summed E-state index contributed by atoms with van der Waals surface area (Å²) in [6, 6.07) is 9.34. The number of carbonyl (C=O) groups is 1. The molecule has 1 heterocycles. The van der Waals surface area contributed by atoms with Crippen molar-refractivity contribution in [2.45, 2.75) is 32.2 Å². The van der Waals surface area contributed by atoms with Gasteiger partial charge in [-0.2, -0.15) is 5.10 Å². The molecule has 0 saturated heterocycles. The van der Waals surface area contributed by atoms with Gasteiger partial charge in [0.05, 0.1) is 11.4 Å². The van der Waals surface area contributed by atoms with Crippen LogP contribution in [0.3, 0.4) is 0 Å². The Morgan fingerprint density at radius 2 is 2.00 bits per heavy atom. The van der Waals surface area contributed by atoms with E-state index >= 15 is 0 Å². The van der Waals surface area contributed by atoms with Crippen molar-refractivity contribution in [3.63, 3.8) is 0 Å². The van der Waals surface area contributed by atoms with Crippen molar-refractivity contribution in [3.8, 4) is 0 Å². The number of carbonyl (C=O) groups excluding carboxylic acids is 1. The van der Waals surface area contributed by atoms with Crippen molar-refractivity contribution in [1.82, 2.24) is 9.78 Å². The van der Waals surface area contributed by atoms with Gasteiger partial charge in [0.25, 0.3) is 0 Å². The lowest BCUT2D eigenvalue weighted by Gasteiger charge is -2.12. The Hall–Kier alpha value is -2.14. The van der Waals surface area contributed by atoms with Crippen LogP contribution in [-0.4, -0.2) is 15.7 Å². The van der Waals surface area contributed by atoms with Gasteiger partial charge in [-0.15, -0.1) is 0 Å². The van der Waals surface area contributed by atoms with Gasteiger partial charge >= 0.3 is 0 Å². The van der Waals surface area contributed by atoms with Crippen molar-refractivity contribution < 1.29 is 4.79 Å². The fourth-order valence-corrected chi connectivity index (χ4v) is 2.25. The van der Waals surface area contributed by atoms with Crippen LogP contribution in [0.2, 0.25) is 0 Å². The number of nitrogens with zero attached hydrogens (tertiary/aromatic N) is 2. The molecule has 1 atom stereocenters. The molecule has 21 heavy (non-hydrogen) atoms. The summed E-state index contributed by atoms with van der Waals surface area (Å²) in [5.41, 5.74) is 8.68. The number of rotatable bonds is 5. The molecule has 0 radical (unpaired) electrons. The van der Waals surface area contributed by atoms with E-state index in [-0.39, 0.29) is 24.3 Å². The quantitative estimate of drug-likeness (QED) is 0.887. The molecule has 0 aliphatic rings. The highest BCUT2D eigenvalue weighted by Gasteiger charge is 2.16. The Kier molecular flexibility index (Phi) is 4.75. The molecule has 112 valence electrons. The van der Waals surface area contributed by atoms with E-state index in [0.717, 1.165) is 16.9 Å². The van der Waals surface area contributed by atoms with Crippen LogP contribution in [-0.2, 0) is 11.8 Å². The van der Waals surface area contributed by atoms with Crippen molar-refractivity contribution in [2.24, 2.45) is 12.8 Å². The summed E-state index contributed by atoms with van der Waals surface area (Å²) < 4.78 is 1.71. The average Bonchev–Trinajstić information content (AvgIpc) is 2.80. The molecular formula is C16H22N4O. The van der Waals surface area contributed by atoms with Crippen molar-refractivity contribution in [2.75, 3.05) is 5.32 Å². The summed E-state index contributed by atoms with van der Waals surface area (Å²) in [7, 11) is 1.84. The molecule has 1 aromatic heterocycles. The Morgan fingerprint density at radius 3 is 2.62 bits per heavy atom. The SMILES string of the molecule is CC(C)c1nn(C)cc1NC(=O)CC(N)c1ccccc1. The molecule has 0 aliphatic carbocycles. The summed E-state index contributed by atoms with van der Waals surface area (Å²) in [5, 5.41) is 7.28. The van der Waals surface area contributed by atoms with Crippen LogP contribution in [0.1, 0.15) is 43.5 Å². The Labute approximate surface area is 125 Å². The van der Waals surface area contributed by atoms with E-state index in [4.69, 9.17) is 5.73 Å². The average molecular weight is 286 g/mol. The molecule has 0 fully saturated rings. The summed E-state index contributed by atoms with van der Waals surface area (Å²) in [5.74, 6) is 0.158.